The van der Waals surface area contributed by atoms with Crippen molar-refractivity contribution in [3.8, 4) is 0 Å². The second-order valence-corrected chi connectivity index (χ2v) is 2.63. The van der Waals surface area contributed by atoms with Gasteiger partial charge >= 0.3 is 11.9 Å². The lowest BCUT2D eigenvalue weighted by molar-refractivity contribution is -0.459. The van der Waals surface area contributed by atoms with Crippen molar-refractivity contribution < 1.29 is 14.4 Å². The molecule has 8 N–H and O–H groups in total. The summed E-state index contributed by atoms with van der Waals surface area (Å²) < 4.78 is 12.5. The van der Waals surface area contributed by atoms with Crippen molar-refractivity contribution >= 4 is 17.6 Å². The molecule has 0 aliphatic rings. The first-order chi connectivity index (χ1) is 6.58. The van der Waals surface area contributed by atoms with Gasteiger partial charge in [0.15, 0.2) is 0 Å². The van der Waals surface area contributed by atoms with E-state index in [-0.39, 0.29) is 17.7 Å². The van der Waals surface area contributed by atoms with Gasteiger partial charge < -0.3 is 0 Å². The molecule has 0 aliphatic heterocycles. The zero-order chi connectivity index (χ0) is 10.6. The standard InChI is InChI=1S/C8H10FN5/c9-5-1-3-6(4-2-5)13-8(12)14-7(10)11/h1-4H,(H6,10,11,12,13,14)/p+2. The van der Waals surface area contributed by atoms with E-state index in [4.69, 9.17) is 17.2 Å². The second kappa shape index (κ2) is 4.22. The summed E-state index contributed by atoms with van der Waals surface area (Å²) in [7, 11) is 0. The number of nitrogens with one attached hydrogen (secondary N) is 2. The van der Waals surface area contributed by atoms with Gasteiger partial charge in [-0.1, -0.05) is 0 Å². The van der Waals surface area contributed by atoms with Gasteiger partial charge in [-0.25, -0.2) is 9.38 Å². The quantitative estimate of drug-likeness (QED) is 0.235. The van der Waals surface area contributed by atoms with E-state index >= 15 is 0 Å². The maximum absolute atomic E-state index is 12.5. The molecule has 1 rings (SSSR count). The molecular formula is C8H12FN5+2. The highest BCUT2D eigenvalue weighted by Crippen LogP contribution is 2.00. The Hall–Kier alpha value is -2.11. The summed E-state index contributed by atoms with van der Waals surface area (Å²) in [4.78, 5) is 5.20. The fraction of sp³-hybridized carbons (Fsp3) is 0. The fourth-order valence-corrected chi connectivity index (χ4v) is 0.875. The molecular weight excluding hydrogens is 185 g/mol. The third-order valence-corrected chi connectivity index (χ3v) is 1.40. The van der Waals surface area contributed by atoms with Crippen LogP contribution < -0.4 is 27.2 Å². The molecule has 0 amide bonds. The molecule has 0 fully saturated rings. The first-order valence-electron chi connectivity index (χ1n) is 3.88. The van der Waals surface area contributed by atoms with Gasteiger partial charge in [-0.2, -0.15) is 4.99 Å². The maximum atomic E-state index is 12.5. The Balaban J connectivity index is 2.87. The Kier molecular flexibility index (Phi) is 3.01. The van der Waals surface area contributed by atoms with Crippen molar-refractivity contribution in [3.05, 3.63) is 30.1 Å². The molecule has 0 saturated heterocycles. The van der Waals surface area contributed by atoms with Crippen LogP contribution in [0.5, 0.6) is 0 Å². The van der Waals surface area contributed by atoms with Crippen molar-refractivity contribution in [2.24, 2.45) is 17.2 Å². The maximum Gasteiger partial charge on any atom is 0.390 e. The normalized spacial score (nSPS) is 11.1. The zero-order valence-corrected chi connectivity index (χ0v) is 7.42. The molecule has 1 aromatic rings. The van der Waals surface area contributed by atoms with Gasteiger partial charge in [0.2, 0.25) is 0 Å². The summed E-state index contributed by atoms with van der Waals surface area (Å²) in [6.45, 7) is 0. The van der Waals surface area contributed by atoms with Crippen LogP contribution in [-0.4, -0.2) is 11.9 Å². The summed E-state index contributed by atoms with van der Waals surface area (Å²) >= 11 is 0. The Morgan fingerprint density at radius 1 is 1.07 bits per heavy atom. The number of rotatable bonds is 1. The van der Waals surface area contributed by atoms with E-state index in [2.05, 4.69) is 9.98 Å². The third kappa shape index (κ3) is 3.10. The van der Waals surface area contributed by atoms with Crippen LogP contribution in [0.2, 0.25) is 0 Å². The third-order valence-electron chi connectivity index (χ3n) is 1.40. The molecule has 74 valence electrons. The number of hydrogen-bond acceptors (Lipinski definition) is 0. The van der Waals surface area contributed by atoms with Crippen LogP contribution in [0.15, 0.2) is 24.3 Å². The topological polar surface area (TPSA) is 106 Å². The molecule has 0 aromatic heterocycles. The first kappa shape index (κ1) is 9.97. The molecule has 0 heterocycles. The molecule has 0 atom stereocenters. The van der Waals surface area contributed by atoms with Gasteiger partial charge in [-0.3, -0.25) is 17.2 Å². The van der Waals surface area contributed by atoms with E-state index in [1.54, 1.807) is 0 Å². The number of hydrogen-bond donors (Lipinski definition) is 5. The lowest BCUT2D eigenvalue weighted by atomic mass is 10.3. The average Bonchev–Trinajstić information content (AvgIpc) is 2.07. The molecule has 0 saturated carbocycles. The predicted octanol–water partition coefficient (Wildman–Crippen LogP) is -3.79. The van der Waals surface area contributed by atoms with Gasteiger partial charge in [-0.15, -0.1) is 0 Å². The predicted molar refractivity (Wildman–Crippen MR) is 50.6 cm³/mol. The minimum absolute atomic E-state index is 0.0166. The monoisotopic (exact) mass is 197 g/mol. The van der Waals surface area contributed by atoms with Crippen molar-refractivity contribution in [1.29, 1.82) is 0 Å². The van der Waals surface area contributed by atoms with Gasteiger partial charge in [0.25, 0.3) is 0 Å². The smallest absolute Gasteiger partial charge is 0.275 e. The number of nitrogens with two attached hydrogens (primary N) is 3. The van der Waals surface area contributed by atoms with E-state index in [9.17, 15) is 4.39 Å². The SMILES string of the molecule is NC(N)=[NH+]C(N)=[NH+]c1ccc(F)cc1. The molecule has 5 nitrogen and oxygen atoms in total. The lowest BCUT2D eigenvalue weighted by Gasteiger charge is -1.90. The summed E-state index contributed by atoms with van der Waals surface area (Å²) in [6.07, 6.45) is 0. The second-order valence-electron chi connectivity index (χ2n) is 2.63. The molecule has 0 spiro atoms. The van der Waals surface area contributed by atoms with E-state index in [0.29, 0.717) is 5.69 Å². The van der Waals surface area contributed by atoms with E-state index < -0.39 is 0 Å². The van der Waals surface area contributed by atoms with Crippen molar-refractivity contribution in [3.63, 3.8) is 0 Å². The summed E-state index contributed by atoms with van der Waals surface area (Å²) in [6, 6.07) is 5.70. The molecule has 0 unspecified atom stereocenters. The largest absolute Gasteiger partial charge is 0.390 e. The van der Waals surface area contributed by atoms with Crippen LogP contribution in [0.1, 0.15) is 0 Å². The molecule has 1 aromatic carbocycles. The molecule has 14 heavy (non-hydrogen) atoms. The van der Waals surface area contributed by atoms with Gasteiger partial charge in [0.1, 0.15) is 11.5 Å². The van der Waals surface area contributed by atoms with Crippen LogP contribution >= 0.6 is 0 Å². The Morgan fingerprint density at radius 2 is 1.64 bits per heavy atom. The minimum atomic E-state index is -0.313. The highest BCUT2D eigenvalue weighted by molar-refractivity contribution is 5.75. The fourth-order valence-electron chi connectivity index (χ4n) is 0.875. The van der Waals surface area contributed by atoms with Crippen molar-refractivity contribution in [1.82, 2.24) is 0 Å². The van der Waals surface area contributed by atoms with Crippen LogP contribution in [0.25, 0.3) is 0 Å². The Labute approximate surface area is 80.1 Å². The van der Waals surface area contributed by atoms with Crippen LogP contribution in [0.4, 0.5) is 10.1 Å². The van der Waals surface area contributed by atoms with Crippen LogP contribution in [-0.2, 0) is 0 Å². The Bertz CT molecular complexity index is 364. The van der Waals surface area contributed by atoms with Crippen molar-refractivity contribution in [2.45, 2.75) is 0 Å². The Morgan fingerprint density at radius 3 is 2.14 bits per heavy atom. The van der Waals surface area contributed by atoms with E-state index in [1.165, 1.54) is 24.3 Å². The molecule has 6 heteroatoms. The minimum Gasteiger partial charge on any atom is -0.275 e. The highest BCUT2D eigenvalue weighted by atomic mass is 19.1. The summed E-state index contributed by atoms with van der Waals surface area (Å²) in [5, 5.41) is 0. The summed E-state index contributed by atoms with van der Waals surface area (Å²) in [5.41, 5.74) is 16.4. The van der Waals surface area contributed by atoms with Gasteiger partial charge in [0, 0.05) is 0 Å². The zero-order valence-electron chi connectivity index (χ0n) is 7.42. The average molecular weight is 197 g/mol. The van der Waals surface area contributed by atoms with E-state index in [0.717, 1.165) is 0 Å². The summed E-state index contributed by atoms with van der Waals surface area (Å²) in [5.74, 6) is -0.152. The van der Waals surface area contributed by atoms with E-state index in [1.807, 2.05) is 0 Å². The van der Waals surface area contributed by atoms with Gasteiger partial charge in [-0.05, 0) is 24.3 Å². The van der Waals surface area contributed by atoms with Crippen molar-refractivity contribution in [2.75, 3.05) is 0 Å². The van der Waals surface area contributed by atoms with Gasteiger partial charge in [0.05, 0.1) is 0 Å². The number of halogens is 1. The highest BCUT2D eigenvalue weighted by Gasteiger charge is 1.99. The van der Waals surface area contributed by atoms with Crippen LogP contribution in [0.3, 0.4) is 0 Å². The number of benzene rings is 1. The first-order valence-corrected chi connectivity index (χ1v) is 3.88. The lowest BCUT2D eigenvalue weighted by Crippen LogP contribution is -2.96. The molecule has 0 aliphatic carbocycles. The molecule has 0 radical (unpaired) electrons. The molecule has 0 bridgehead atoms. The number of guanidine groups is 2. The van der Waals surface area contributed by atoms with Crippen LogP contribution in [0, 0.1) is 5.82 Å².